The van der Waals surface area contributed by atoms with Gasteiger partial charge in [0.05, 0.1) is 4.90 Å². The van der Waals surface area contributed by atoms with Crippen molar-refractivity contribution in [1.29, 1.82) is 0 Å². The molecule has 0 spiro atoms. The van der Waals surface area contributed by atoms with Crippen LogP contribution < -0.4 is 11.1 Å². The summed E-state index contributed by atoms with van der Waals surface area (Å²) in [5, 5.41) is 2.42. The molecular weight excluding hydrogens is 437 g/mol. The Kier molecular flexibility index (Phi) is 6.62. The third-order valence-corrected chi connectivity index (χ3v) is 6.47. The van der Waals surface area contributed by atoms with E-state index >= 15 is 0 Å². The lowest BCUT2D eigenvalue weighted by Gasteiger charge is -2.28. The Morgan fingerprint density at radius 1 is 1.00 bits per heavy atom. The summed E-state index contributed by atoms with van der Waals surface area (Å²) in [5.74, 6) is -4.41. The molecule has 1 unspecified atom stereocenters. The van der Waals surface area contributed by atoms with E-state index in [1.165, 1.54) is 0 Å². The lowest BCUT2D eigenvalue weighted by Crippen LogP contribution is -2.54. The number of sulfonamides is 1. The van der Waals surface area contributed by atoms with Crippen molar-refractivity contribution in [3.8, 4) is 0 Å². The molecule has 2 amide bonds. The predicted octanol–water partition coefficient (Wildman–Crippen LogP) is 0.652. The summed E-state index contributed by atoms with van der Waals surface area (Å²) in [7, 11) is -4.31. The first-order valence-corrected chi connectivity index (χ1v) is 10.6. The molecule has 8 nitrogen and oxygen atoms in total. The molecule has 0 radical (unpaired) electrons. The SMILES string of the molecule is NCCNC(=O)C1N(C(=O)c2cc(F)cc(F)c2)CCN1S(=O)(=O)c1ccc(F)cc1. The van der Waals surface area contributed by atoms with Gasteiger partial charge in [0.15, 0.2) is 6.17 Å². The van der Waals surface area contributed by atoms with Crippen molar-refractivity contribution in [2.45, 2.75) is 11.1 Å². The predicted molar refractivity (Wildman–Crippen MR) is 104 cm³/mol. The molecule has 2 aromatic carbocycles. The van der Waals surface area contributed by atoms with Crippen LogP contribution in [-0.2, 0) is 14.8 Å². The number of rotatable bonds is 6. The fraction of sp³-hybridized carbons (Fsp3) is 0.263. The Labute approximate surface area is 176 Å². The molecule has 3 rings (SSSR count). The Balaban J connectivity index is 1.99. The molecular formula is C19H19F3N4O4S. The monoisotopic (exact) mass is 456 g/mol. The minimum absolute atomic E-state index is 0.0103. The number of benzene rings is 2. The molecule has 31 heavy (non-hydrogen) atoms. The van der Waals surface area contributed by atoms with Crippen molar-refractivity contribution in [2.75, 3.05) is 26.2 Å². The highest BCUT2D eigenvalue weighted by Gasteiger charge is 2.46. The number of nitrogens with zero attached hydrogens (tertiary/aromatic N) is 2. The number of nitrogens with two attached hydrogens (primary N) is 1. The second kappa shape index (κ2) is 9.04. The number of hydrogen-bond donors (Lipinski definition) is 2. The molecule has 0 aliphatic carbocycles. The first-order valence-electron chi connectivity index (χ1n) is 9.17. The lowest BCUT2D eigenvalue weighted by atomic mass is 10.2. The second-order valence-corrected chi connectivity index (χ2v) is 8.57. The van der Waals surface area contributed by atoms with Crippen molar-refractivity contribution in [3.05, 3.63) is 65.5 Å². The third kappa shape index (κ3) is 4.70. The van der Waals surface area contributed by atoms with Crippen LogP contribution in [0.3, 0.4) is 0 Å². The molecule has 1 aliphatic rings. The number of carbonyl (C=O) groups is 2. The average Bonchev–Trinajstić information content (AvgIpc) is 3.17. The summed E-state index contributed by atoms with van der Waals surface area (Å²) in [6, 6.07) is 6.12. The topological polar surface area (TPSA) is 113 Å². The highest BCUT2D eigenvalue weighted by molar-refractivity contribution is 7.89. The van der Waals surface area contributed by atoms with E-state index in [4.69, 9.17) is 5.73 Å². The zero-order valence-electron chi connectivity index (χ0n) is 16.1. The first-order chi connectivity index (χ1) is 14.6. The lowest BCUT2D eigenvalue weighted by molar-refractivity contribution is -0.127. The Bertz CT molecular complexity index is 1080. The molecule has 1 heterocycles. The minimum Gasteiger partial charge on any atom is -0.352 e. The van der Waals surface area contributed by atoms with Gasteiger partial charge in [-0.25, -0.2) is 21.6 Å². The van der Waals surface area contributed by atoms with E-state index in [1.807, 2.05) is 0 Å². The van der Waals surface area contributed by atoms with E-state index in [-0.39, 0.29) is 36.6 Å². The van der Waals surface area contributed by atoms with Gasteiger partial charge in [-0.15, -0.1) is 0 Å². The van der Waals surface area contributed by atoms with E-state index in [9.17, 15) is 31.2 Å². The van der Waals surface area contributed by atoms with Gasteiger partial charge in [0.25, 0.3) is 11.8 Å². The van der Waals surface area contributed by atoms with Crippen LogP contribution in [0, 0.1) is 17.5 Å². The minimum atomic E-state index is -4.31. The van der Waals surface area contributed by atoms with Gasteiger partial charge in [-0.2, -0.15) is 4.31 Å². The van der Waals surface area contributed by atoms with Gasteiger partial charge in [-0.05, 0) is 36.4 Å². The standard InChI is InChI=1S/C19H19F3N4O4S/c20-13-1-3-16(4-2-13)31(29,30)26-8-7-25(18(26)17(27)24-6-5-23)19(28)12-9-14(21)11-15(22)10-12/h1-4,9-11,18H,5-8,23H2,(H,24,27). The zero-order valence-corrected chi connectivity index (χ0v) is 16.9. The summed E-state index contributed by atoms with van der Waals surface area (Å²) in [6.07, 6.45) is -1.62. The van der Waals surface area contributed by atoms with Crippen LogP contribution in [0.4, 0.5) is 13.2 Å². The fourth-order valence-corrected chi connectivity index (χ4v) is 4.76. The normalized spacial score (nSPS) is 17.0. The average molecular weight is 456 g/mol. The van der Waals surface area contributed by atoms with Gasteiger partial charge in [0.2, 0.25) is 10.0 Å². The number of nitrogens with one attached hydrogen (secondary N) is 1. The molecule has 12 heteroatoms. The van der Waals surface area contributed by atoms with Crippen LogP contribution in [0.1, 0.15) is 10.4 Å². The van der Waals surface area contributed by atoms with Crippen LogP contribution in [0.15, 0.2) is 47.4 Å². The van der Waals surface area contributed by atoms with E-state index in [0.29, 0.717) is 6.07 Å². The smallest absolute Gasteiger partial charge is 0.259 e. The summed E-state index contributed by atoms with van der Waals surface area (Å²) in [6.45, 7) is -0.398. The van der Waals surface area contributed by atoms with E-state index in [1.54, 1.807) is 0 Å². The summed E-state index contributed by atoms with van der Waals surface area (Å²) < 4.78 is 67.3. The Morgan fingerprint density at radius 3 is 2.19 bits per heavy atom. The zero-order chi connectivity index (χ0) is 22.8. The molecule has 2 aromatic rings. The van der Waals surface area contributed by atoms with Crippen LogP contribution in [0.2, 0.25) is 0 Å². The van der Waals surface area contributed by atoms with Gasteiger partial charge in [0, 0.05) is 37.8 Å². The molecule has 1 saturated heterocycles. The van der Waals surface area contributed by atoms with Crippen molar-refractivity contribution in [3.63, 3.8) is 0 Å². The maximum atomic E-state index is 13.6. The fourth-order valence-electron chi connectivity index (χ4n) is 3.21. The van der Waals surface area contributed by atoms with Gasteiger partial charge >= 0.3 is 0 Å². The molecule has 0 aromatic heterocycles. The van der Waals surface area contributed by atoms with Crippen LogP contribution in [-0.4, -0.2) is 61.8 Å². The van der Waals surface area contributed by atoms with Crippen LogP contribution in [0.25, 0.3) is 0 Å². The Morgan fingerprint density at radius 2 is 1.61 bits per heavy atom. The van der Waals surface area contributed by atoms with Gasteiger partial charge in [-0.1, -0.05) is 0 Å². The molecule has 166 valence electrons. The van der Waals surface area contributed by atoms with E-state index in [2.05, 4.69) is 5.32 Å². The molecule has 0 bridgehead atoms. The van der Waals surface area contributed by atoms with Gasteiger partial charge in [-0.3, -0.25) is 9.59 Å². The molecule has 1 atom stereocenters. The Hall–Kier alpha value is -2.96. The number of carbonyl (C=O) groups excluding carboxylic acids is 2. The molecule has 1 aliphatic heterocycles. The third-order valence-electron chi connectivity index (χ3n) is 4.60. The van der Waals surface area contributed by atoms with Crippen LogP contribution in [0.5, 0.6) is 0 Å². The van der Waals surface area contributed by atoms with Gasteiger partial charge in [0.1, 0.15) is 17.5 Å². The van der Waals surface area contributed by atoms with Crippen molar-refractivity contribution in [2.24, 2.45) is 5.73 Å². The van der Waals surface area contributed by atoms with Crippen molar-refractivity contribution < 1.29 is 31.2 Å². The highest BCUT2D eigenvalue weighted by Crippen LogP contribution is 2.26. The molecule has 1 fully saturated rings. The van der Waals surface area contributed by atoms with Crippen LogP contribution >= 0.6 is 0 Å². The number of hydrogen-bond acceptors (Lipinski definition) is 5. The molecule has 0 saturated carbocycles. The summed E-state index contributed by atoms with van der Waals surface area (Å²) in [4.78, 5) is 26.3. The maximum Gasteiger partial charge on any atom is 0.259 e. The summed E-state index contributed by atoms with van der Waals surface area (Å²) >= 11 is 0. The van der Waals surface area contributed by atoms with E-state index < -0.39 is 45.5 Å². The number of halogens is 3. The first kappa shape index (κ1) is 22.7. The second-order valence-electron chi connectivity index (χ2n) is 6.68. The largest absolute Gasteiger partial charge is 0.352 e. The van der Waals surface area contributed by atoms with E-state index in [0.717, 1.165) is 45.6 Å². The summed E-state index contributed by atoms with van der Waals surface area (Å²) in [5.41, 5.74) is 4.99. The maximum absolute atomic E-state index is 13.6. The number of amides is 2. The highest BCUT2D eigenvalue weighted by atomic mass is 32.2. The molecule has 3 N–H and O–H groups in total. The van der Waals surface area contributed by atoms with Crippen molar-refractivity contribution >= 4 is 21.8 Å². The van der Waals surface area contributed by atoms with Gasteiger partial charge < -0.3 is 16.0 Å². The van der Waals surface area contributed by atoms with Crippen molar-refractivity contribution in [1.82, 2.24) is 14.5 Å². The quantitative estimate of drug-likeness (QED) is 0.663.